The van der Waals surface area contributed by atoms with E-state index in [1.54, 1.807) is 32.4 Å². The van der Waals surface area contributed by atoms with Crippen molar-refractivity contribution in [3.63, 3.8) is 0 Å². The van der Waals surface area contributed by atoms with Gasteiger partial charge in [-0.1, -0.05) is 36.4 Å². The normalized spacial score (nSPS) is 10.5. The molecule has 2 rings (SSSR count). The second kappa shape index (κ2) is 8.60. The molecule has 2 aromatic carbocycles. The summed E-state index contributed by atoms with van der Waals surface area (Å²) in [5.41, 5.74) is 4.17. The Kier molecular flexibility index (Phi) is 6.20. The van der Waals surface area contributed by atoms with Crippen LogP contribution in [0.5, 0.6) is 11.5 Å². The number of hydroxylamine groups is 1. The maximum absolute atomic E-state index is 11.7. The Bertz CT molecular complexity index is 668. The van der Waals surface area contributed by atoms with Crippen LogP contribution in [-0.4, -0.2) is 20.1 Å². The van der Waals surface area contributed by atoms with Crippen LogP contribution in [0.25, 0.3) is 6.08 Å². The highest BCUT2D eigenvalue weighted by Crippen LogP contribution is 2.27. The molecule has 120 valence electrons. The van der Waals surface area contributed by atoms with Gasteiger partial charge in [-0.2, -0.15) is 0 Å². The average molecular weight is 313 g/mol. The lowest BCUT2D eigenvalue weighted by Gasteiger charge is -2.07. The number of hydrogen-bond acceptors (Lipinski definition) is 4. The van der Waals surface area contributed by atoms with Crippen molar-refractivity contribution in [3.05, 3.63) is 65.7 Å². The minimum absolute atomic E-state index is 0.316. The number of carbonyl (C=O) groups excluding carboxylic acids is 1. The molecule has 0 atom stereocenters. The molecule has 0 bridgehead atoms. The molecule has 0 aliphatic heterocycles. The molecule has 1 N–H and O–H groups in total. The quantitative estimate of drug-likeness (QED) is 0.631. The van der Waals surface area contributed by atoms with Gasteiger partial charge in [-0.25, -0.2) is 5.48 Å². The van der Waals surface area contributed by atoms with Crippen LogP contribution >= 0.6 is 0 Å². The summed E-state index contributed by atoms with van der Waals surface area (Å²) in [5.74, 6) is 0.909. The van der Waals surface area contributed by atoms with Gasteiger partial charge in [-0.3, -0.25) is 9.63 Å². The van der Waals surface area contributed by atoms with E-state index in [2.05, 4.69) is 5.48 Å². The number of methoxy groups -OCH3 is 2. The second-order valence-corrected chi connectivity index (χ2v) is 4.69. The third-order valence-corrected chi connectivity index (χ3v) is 3.09. The molecule has 0 aliphatic carbocycles. The summed E-state index contributed by atoms with van der Waals surface area (Å²) in [6.45, 7) is 0.316. The number of benzene rings is 2. The Labute approximate surface area is 135 Å². The highest BCUT2D eigenvalue weighted by atomic mass is 16.6. The van der Waals surface area contributed by atoms with Crippen molar-refractivity contribution in [2.75, 3.05) is 14.2 Å². The van der Waals surface area contributed by atoms with Crippen molar-refractivity contribution in [2.24, 2.45) is 0 Å². The van der Waals surface area contributed by atoms with Crippen molar-refractivity contribution in [2.45, 2.75) is 6.61 Å². The molecule has 0 saturated heterocycles. The van der Waals surface area contributed by atoms with Crippen LogP contribution in [-0.2, 0) is 16.2 Å². The predicted octanol–water partition coefficient (Wildman–Crippen LogP) is 2.97. The molecule has 23 heavy (non-hydrogen) atoms. The summed E-state index contributed by atoms with van der Waals surface area (Å²) in [6, 6.07) is 15.0. The summed E-state index contributed by atoms with van der Waals surface area (Å²) >= 11 is 0. The van der Waals surface area contributed by atoms with Gasteiger partial charge in [0.25, 0.3) is 5.91 Å². The molecule has 5 heteroatoms. The SMILES string of the molecule is COc1ccc(C=CC(=O)NOCc2ccccc2)cc1OC. The first kappa shape index (κ1) is 16.6. The van der Waals surface area contributed by atoms with Gasteiger partial charge in [0.05, 0.1) is 20.8 Å². The first-order valence-electron chi connectivity index (χ1n) is 7.08. The van der Waals surface area contributed by atoms with E-state index in [4.69, 9.17) is 14.3 Å². The standard InChI is InChI=1S/C18H19NO4/c1-21-16-10-8-14(12-17(16)22-2)9-11-18(20)19-23-13-15-6-4-3-5-7-15/h3-12H,13H2,1-2H3,(H,19,20). The van der Waals surface area contributed by atoms with E-state index in [0.717, 1.165) is 11.1 Å². The first-order valence-corrected chi connectivity index (χ1v) is 7.08. The average Bonchev–Trinajstić information content (AvgIpc) is 2.60. The van der Waals surface area contributed by atoms with E-state index in [-0.39, 0.29) is 5.91 Å². The van der Waals surface area contributed by atoms with E-state index >= 15 is 0 Å². The predicted molar refractivity (Wildman–Crippen MR) is 88.0 cm³/mol. The molecule has 0 radical (unpaired) electrons. The van der Waals surface area contributed by atoms with Gasteiger partial charge in [0, 0.05) is 6.08 Å². The fourth-order valence-electron chi connectivity index (χ4n) is 1.93. The number of carbonyl (C=O) groups is 1. The summed E-state index contributed by atoms with van der Waals surface area (Å²) in [6.07, 6.45) is 3.06. The molecule has 0 unspecified atom stereocenters. The zero-order valence-corrected chi connectivity index (χ0v) is 13.1. The maximum Gasteiger partial charge on any atom is 0.267 e. The van der Waals surface area contributed by atoms with E-state index < -0.39 is 0 Å². The third-order valence-electron chi connectivity index (χ3n) is 3.09. The Hall–Kier alpha value is -2.79. The van der Waals surface area contributed by atoms with Crippen LogP contribution in [0.4, 0.5) is 0 Å². The van der Waals surface area contributed by atoms with Crippen molar-refractivity contribution >= 4 is 12.0 Å². The van der Waals surface area contributed by atoms with Crippen molar-refractivity contribution in [3.8, 4) is 11.5 Å². The van der Waals surface area contributed by atoms with Crippen molar-refractivity contribution in [1.82, 2.24) is 5.48 Å². The Balaban J connectivity index is 1.86. The highest BCUT2D eigenvalue weighted by molar-refractivity contribution is 5.91. The topological polar surface area (TPSA) is 56.8 Å². The molecule has 2 aromatic rings. The zero-order chi connectivity index (χ0) is 16.5. The third kappa shape index (κ3) is 5.16. The Morgan fingerprint density at radius 1 is 1.04 bits per heavy atom. The van der Waals surface area contributed by atoms with E-state index in [1.165, 1.54) is 6.08 Å². The van der Waals surface area contributed by atoms with Gasteiger partial charge in [0.15, 0.2) is 11.5 Å². The molecule has 1 amide bonds. The van der Waals surface area contributed by atoms with Crippen LogP contribution in [0, 0.1) is 0 Å². The summed E-state index contributed by atoms with van der Waals surface area (Å²) in [5, 5.41) is 0. The first-order chi connectivity index (χ1) is 11.2. The lowest BCUT2D eigenvalue weighted by molar-refractivity contribution is -0.129. The van der Waals surface area contributed by atoms with Gasteiger partial charge in [0.1, 0.15) is 0 Å². The molecule has 0 saturated carbocycles. The van der Waals surface area contributed by atoms with E-state index in [0.29, 0.717) is 18.1 Å². The highest BCUT2D eigenvalue weighted by Gasteiger charge is 2.03. The fraction of sp³-hybridized carbons (Fsp3) is 0.167. The molecule has 0 spiro atoms. The van der Waals surface area contributed by atoms with Crippen LogP contribution in [0.3, 0.4) is 0 Å². The number of amides is 1. The minimum atomic E-state index is -0.337. The van der Waals surface area contributed by atoms with Gasteiger partial charge < -0.3 is 9.47 Å². The summed E-state index contributed by atoms with van der Waals surface area (Å²) in [4.78, 5) is 16.9. The van der Waals surface area contributed by atoms with Crippen LogP contribution in [0.15, 0.2) is 54.6 Å². The molecule has 0 aliphatic rings. The molecule has 0 heterocycles. The zero-order valence-electron chi connectivity index (χ0n) is 13.1. The smallest absolute Gasteiger partial charge is 0.267 e. The Morgan fingerprint density at radius 3 is 2.48 bits per heavy atom. The molecule has 5 nitrogen and oxygen atoms in total. The second-order valence-electron chi connectivity index (χ2n) is 4.69. The van der Waals surface area contributed by atoms with Gasteiger partial charge >= 0.3 is 0 Å². The Morgan fingerprint density at radius 2 is 1.78 bits per heavy atom. The van der Waals surface area contributed by atoms with Crippen molar-refractivity contribution in [1.29, 1.82) is 0 Å². The summed E-state index contributed by atoms with van der Waals surface area (Å²) in [7, 11) is 3.14. The van der Waals surface area contributed by atoms with E-state index in [9.17, 15) is 4.79 Å². The van der Waals surface area contributed by atoms with Gasteiger partial charge in [-0.15, -0.1) is 0 Å². The van der Waals surface area contributed by atoms with Crippen LogP contribution in [0.2, 0.25) is 0 Å². The van der Waals surface area contributed by atoms with Crippen LogP contribution < -0.4 is 15.0 Å². The maximum atomic E-state index is 11.7. The number of ether oxygens (including phenoxy) is 2. The molecular formula is C18H19NO4. The van der Waals surface area contributed by atoms with Gasteiger partial charge in [0.2, 0.25) is 0 Å². The monoisotopic (exact) mass is 313 g/mol. The number of hydrogen-bond donors (Lipinski definition) is 1. The fourth-order valence-corrected chi connectivity index (χ4v) is 1.93. The van der Waals surface area contributed by atoms with Crippen molar-refractivity contribution < 1.29 is 19.1 Å². The lowest BCUT2D eigenvalue weighted by atomic mass is 10.2. The number of nitrogens with one attached hydrogen (secondary N) is 1. The van der Waals surface area contributed by atoms with Gasteiger partial charge in [-0.05, 0) is 29.3 Å². The minimum Gasteiger partial charge on any atom is -0.493 e. The van der Waals surface area contributed by atoms with E-state index in [1.807, 2.05) is 36.4 Å². The lowest BCUT2D eigenvalue weighted by Crippen LogP contribution is -2.21. The molecule has 0 fully saturated rings. The largest absolute Gasteiger partial charge is 0.493 e. The summed E-state index contributed by atoms with van der Waals surface area (Å²) < 4.78 is 10.4. The number of rotatable bonds is 7. The molecular weight excluding hydrogens is 294 g/mol. The van der Waals surface area contributed by atoms with Crippen LogP contribution in [0.1, 0.15) is 11.1 Å². The molecule has 0 aromatic heterocycles.